The Bertz CT molecular complexity index is 120. The van der Waals surface area contributed by atoms with Gasteiger partial charge < -0.3 is 10.2 Å². The van der Waals surface area contributed by atoms with Gasteiger partial charge in [0.15, 0.2) is 0 Å². The number of rotatable bonds is 5. The summed E-state index contributed by atoms with van der Waals surface area (Å²) in [6, 6.07) is 0. The first-order chi connectivity index (χ1) is 7.14. The van der Waals surface area contributed by atoms with Gasteiger partial charge in [0.25, 0.3) is 0 Å². The second kappa shape index (κ2) is 23.3. The molecule has 0 spiro atoms. The minimum Gasteiger partial charge on any atom is -0.394 e. The van der Waals surface area contributed by atoms with Gasteiger partial charge in [-0.1, -0.05) is 26.3 Å². The van der Waals surface area contributed by atoms with Crippen molar-refractivity contribution in [2.45, 2.75) is 46.5 Å². The van der Waals surface area contributed by atoms with Gasteiger partial charge in [0, 0.05) is 12.8 Å². The summed E-state index contributed by atoms with van der Waals surface area (Å²) in [6.45, 7) is 9.01. The van der Waals surface area contributed by atoms with Crippen LogP contribution in [-0.2, 0) is 4.79 Å². The first-order valence-corrected chi connectivity index (χ1v) is 5.44. The average Bonchev–Trinajstić information content (AvgIpc) is 2.27. The molecule has 0 rings (SSSR count). The first-order valence-electron chi connectivity index (χ1n) is 5.44. The molecule has 0 amide bonds. The predicted molar refractivity (Wildman–Crippen MR) is 64.9 cm³/mol. The number of allylic oxidation sites excluding steroid dienone is 1. The Morgan fingerprint density at radius 2 is 1.67 bits per heavy atom. The Morgan fingerprint density at radius 3 is 1.87 bits per heavy atom. The van der Waals surface area contributed by atoms with Crippen LogP contribution in [0.2, 0.25) is 0 Å². The quantitative estimate of drug-likeness (QED) is 0.696. The number of aliphatic hydroxyl groups excluding tert-OH is 2. The lowest BCUT2D eigenvalue weighted by Gasteiger charge is -1.91. The van der Waals surface area contributed by atoms with E-state index in [4.69, 9.17) is 10.2 Å². The van der Waals surface area contributed by atoms with Gasteiger partial charge >= 0.3 is 0 Å². The fraction of sp³-hybridized carbons (Fsp3) is 0.750. The van der Waals surface area contributed by atoms with Gasteiger partial charge in [-0.2, -0.15) is 0 Å². The molecule has 3 heteroatoms. The summed E-state index contributed by atoms with van der Waals surface area (Å²) in [7, 11) is 0. The van der Waals surface area contributed by atoms with Crippen LogP contribution in [0.4, 0.5) is 0 Å². The third-order valence-corrected chi connectivity index (χ3v) is 1.30. The maximum atomic E-state index is 10.6. The van der Waals surface area contributed by atoms with E-state index in [0.717, 1.165) is 19.3 Å². The molecule has 0 fully saturated rings. The molecule has 0 aromatic heterocycles. The first kappa shape index (κ1) is 19.8. The molecule has 0 radical (unpaired) electrons. The number of aliphatic hydroxyl groups is 2. The number of ketones is 1. The van der Waals surface area contributed by atoms with Crippen molar-refractivity contribution in [2.75, 3.05) is 13.2 Å². The van der Waals surface area contributed by atoms with Crippen LogP contribution < -0.4 is 0 Å². The molecule has 0 saturated heterocycles. The number of carbonyl (C=O) groups is 1. The second-order valence-corrected chi connectivity index (χ2v) is 2.85. The Balaban J connectivity index is -0.000000173. The molecule has 15 heavy (non-hydrogen) atoms. The van der Waals surface area contributed by atoms with Gasteiger partial charge in [0.05, 0.1) is 13.2 Å². The summed E-state index contributed by atoms with van der Waals surface area (Å²) in [5.41, 5.74) is 0. The van der Waals surface area contributed by atoms with E-state index < -0.39 is 0 Å². The predicted octanol–water partition coefficient (Wildman–Crippen LogP) is 2.32. The second-order valence-electron chi connectivity index (χ2n) is 2.85. The highest BCUT2D eigenvalue weighted by molar-refractivity contribution is 5.77. The van der Waals surface area contributed by atoms with Crippen LogP contribution in [0.1, 0.15) is 46.5 Å². The number of hydrogen-bond acceptors (Lipinski definition) is 3. The molecule has 2 N–H and O–H groups in total. The zero-order valence-electron chi connectivity index (χ0n) is 10.3. The van der Waals surface area contributed by atoms with Crippen molar-refractivity contribution in [1.82, 2.24) is 0 Å². The smallest absolute Gasteiger partial charge is 0.132 e. The zero-order valence-corrected chi connectivity index (χ0v) is 10.3. The number of hydrogen-bond donors (Lipinski definition) is 2. The molecular weight excluding hydrogens is 192 g/mol. The summed E-state index contributed by atoms with van der Waals surface area (Å²) in [4.78, 5) is 10.6. The molecule has 0 aromatic carbocycles. The van der Waals surface area contributed by atoms with Gasteiger partial charge in [-0.05, 0) is 13.3 Å². The largest absolute Gasteiger partial charge is 0.394 e. The van der Waals surface area contributed by atoms with Crippen molar-refractivity contribution in [2.24, 2.45) is 0 Å². The highest BCUT2D eigenvalue weighted by Gasteiger charge is 1.93. The normalized spacial score (nSPS) is 7.80. The number of carbonyl (C=O) groups excluding carboxylic acids is 1. The third-order valence-electron chi connectivity index (χ3n) is 1.30. The van der Waals surface area contributed by atoms with Crippen molar-refractivity contribution in [3.63, 3.8) is 0 Å². The van der Waals surface area contributed by atoms with Crippen LogP contribution >= 0.6 is 0 Å². The molecule has 0 aromatic rings. The highest BCUT2D eigenvalue weighted by atomic mass is 16.3. The van der Waals surface area contributed by atoms with Gasteiger partial charge in [-0.25, -0.2) is 0 Å². The third kappa shape index (κ3) is 42.7. The number of Topliss-reactive ketones (excluding diaryl/α,β-unsaturated/α-hetero) is 1. The monoisotopic (exact) mass is 218 g/mol. The number of unbranched alkanes of at least 4 members (excludes halogenated alkanes) is 1. The molecule has 0 bridgehead atoms. The maximum Gasteiger partial charge on any atom is 0.132 e. The molecular formula is C12H26O3. The lowest BCUT2D eigenvalue weighted by atomic mass is 10.1. The van der Waals surface area contributed by atoms with Gasteiger partial charge in [0.1, 0.15) is 5.78 Å². The van der Waals surface area contributed by atoms with E-state index in [1.165, 1.54) is 0 Å². The summed E-state index contributed by atoms with van der Waals surface area (Å²) in [5, 5.41) is 15.2. The van der Waals surface area contributed by atoms with Crippen molar-refractivity contribution in [3.05, 3.63) is 12.7 Å². The summed E-state index contributed by atoms with van der Waals surface area (Å²) in [5.74, 6) is 0.395. The van der Waals surface area contributed by atoms with Crippen molar-refractivity contribution in [3.8, 4) is 0 Å². The standard InChI is InChI=1S/C7H14O.C3H6.C2H6O2/c1-3-5-6-7(8)4-2;1-3-2;3-1-2-4/h3-6H2,1-2H3;3H,1H2,2H3;3-4H,1-2H2. The Morgan fingerprint density at radius 1 is 1.27 bits per heavy atom. The topological polar surface area (TPSA) is 57.5 Å². The Hall–Kier alpha value is -0.670. The van der Waals surface area contributed by atoms with Crippen LogP contribution in [0, 0.1) is 0 Å². The van der Waals surface area contributed by atoms with E-state index in [0.29, 0.717) is 12.2 Å². The summed E-state index contributed by atoms with van der Waals surface area (Å²) < 4.78 is 0. The van der Waals surface area contributed by atoms with Gasteiger partial charge in [-0.3, -0.25) is 4.79 Å². The molecule has 0 saturated carbocycles. The lowest BCUT2D eigenvalue weighted by Crippen LogP contribution is -1.92. The van der Waals surface area contributed by atoms with Crippen molar-refractivity contribution >= 4 is 5.78 Å². The minimum atomic E-state index is -0.125. The molecule has 0 aliphatic carbocycles. The molecule has 92 valence electrons. The molecule has 0 atom stereocenters. The summed E-state index contributed by atoms with van der Waals surface area (Å²) in [6.07, 6.45) is 5.44. The highest BCUT2D eigenvalue weighted by Crippen LogP contribution is 1.96. The molecule has 0 aliphatic rings. The molecule has 0 aliphatic heterocycles. The van der Waals surface area contributed by atoms with Gasteiger partial charge in [0.2, 0.25) is 0 Å². The maximum absolute atomic E-state index is 10.6. The van der Waals surface area contributed by atoms with E-state index in [2.05, 4.69) is 13.5 Å². The van der Waals surface area contributed by atoms with E-state index in [9.17, 15) is 4.79 Å². The van der Waals surface area contributed by atoms with E-state index in [-0.39, 0.29) is 13.2 Å². The van der Waals surface area contributed by atoms with Crippen LogP contribution in [-0.4, -0.2) is 29.2 Å². The van der Waals surface area contributed by atoms with Gasteiger partial charge in [-0.15, -0.1) is 6.58 Å². The fourth-order valence-corrected chi connectivity index (χ4v) is 0.551. The zero-order chi connectivity index (χ0) is 12.5. The minimum absolute atomic E-state index is 0.125. The molecule has 0 unspecified atom stereocenters. The molecule has 3 nitrogen and oxygen atoms in total. The lowest BCUT2D eigenvalue weighted by molar-refractivity contribution is -0.118. The van der Waals surface area contributed by atoms with E-state index in [1.807, 2.05) is 13.8 Å². The van der Waals surface area contributed by atoms with Crippen LogP contribution in [0.3, 0.4) is 0 Å². The summed E-state index contributed by atoms with van der Waals surface area (Å²) >= 11 is 0. The Labute approximate surface area is 93.8 Å². The van der Waals surface area contributed by atoms with Crippen LogP contribution in [0.25, 0.3) is 0 Å². The van der Waals surface area contributed by atoms with Crippen LogP contribution in [0.5, 0.6) is 0 Å². The SMILES string of the molecule is C=CC.CCCCC(=O)CC.OCCO. The van der Waals surface area contributed by atoms with E-state index in [1.54, 1.807) is 6.08 Å². The van der Waals surface area contributed by atoms with E-state index >= 15 is 0 Å². The fourth-order valence-electron chi connectivity index (χ4n) is 0.551. The van der Waals surface area contributed by atoms with Crippen molar-refractivity contribution in [1.29, 1.82) is 0 Å². The average molecular weight is 218 g/mol. The van der Waals surface area contributed by atoms with Crippen molar-refractivity contribution < 1.29 is 15.0 Å². The molecule has 0 heterocycles. The van der Waals surface area contributed by atoms with Crippen LogP contribution in [0.15, 0.2) is 12.7 Å². The Kier molecular flexibility index (Phi) is 30.8.